The summed E-state index contributed by atoms with van der Waals surface area (Å²) in [4.78, 5) is 11.4. The van der Waals surface area contributed by atoms with Gasteiger partial charge in [-0.2, -0.15) is 12.6 Å². The number of hydrogen-bond acceptors (Lipinski definition) is 5. The Bertz CT molecular complexity index is 570. The van der Waals surface area contributed by atoms with Gasteiger partial charge in [-0.3, -0.25) is 4.79 Å². The molecule has 0 aliphatic heterocycles. The van der Waals surface area contributed by atoms with Crippen molar-refractivity contribution in [2.75, 3.05) is 18.2 Å². The van der Waals surface area contributed by atoms with Gasteiger partial charge in [-0.1, -0.05) is 11.3 Å². The normalized spacial score (nSPS) is 10.2. The van der Waals surface area contributed by atoms with Crippen LogP contribution in [0.1, 0.15) is 6.42 Å². The van der Waals surface area contributed by atoms with E-state index >= 15 is 0 Å². The number of anilines is 1. The van der Waals surface area contributed by atoms with Gasteiger partial charge in [0.1, 0.15) is 5.75 Å². The second kappa shape index (κ2) is 6.24. The van der Waals surface area contributed by atoms with Gasteiger partial charge in [0.2, 0.25) is 5.91 Å². The van der Waals surface area contributed by atoms with Gasteiger partial charge in [-0.25, -0.2) is 4.68 Å². The van der Waals surface area contributed by atoms with Gasteiger partial charge in [0, 0.05) is 12.5 Å². The van der Waals surface area contributed by atoms with Crippen molar-refractivity contribution in [3.63, 3.8) is 0 Å². The predicted octanol–water partition coefficient (Wildman–Crippen LogP) is 1.53. The SMILES string of the molecule is COc1cccc(-n2cc(NC(=O)CCS)nn2)c1. The predicted molar refractivity (Wildman–Crippen MR) is 75.0 cm³/mol. The van der Waals surface area contributed by atoms with Crippen molar-refractivity contribution in [2.24, 2.45) is 0 Å². The molecular formula is C12H14N4O2S. The number of nitrogens with zero attached hydrogens (tertiary/aromatic N) is 3. The molecule has 2 aromatic rings. The fraction of sp³-hybridized carbons (Fsp3) is 0.250. The standard InChI is InChI=1S/C12H14N4O2S/c1-18-10-4-2-3-9(7-10)16-8-11(14-15-16)13-12(17)5-6-19/h2-4,7-8,19H,5-6H2,1H3,(H,13,17). The van der Waals surface area contributed by atoms with E-state index in [0.29, 0.717) is 18.0 Å². The van der Waals surface area contributed by atoms with Crippen molar-refractivity contribution >= 4 is 24.4 Å². The minimum absolute atomic E-state index is 0.132. The van der Waals surface area contributed by atoms with Crippen molar-refractivity contribution in [1.82, 2.24) is 15.0 Å². The number of aromatic nitrogens is 3. The highest BCUT2D eigenvalue weighted by molar-refractivity contribution is 7.80. The molecule has 0 spiro atoms. The summed E-state index contributed by atoms with van der Waals surface area (Å²) in [6, 6.07) is 7.40. The number of nitrogens with one attached hydrogen (secondary N) is 1. The minimum atomic E-state index is -0.132. The lowest BCUT2D eigenvalue weighted by atomic mass is 10.3. The summed E-state index contributed by atoms with van der Waals surface area (Å²) in [5.41, 5.74) is 0.807. The summed E-state index contributed by atoms with van der Waals surface area (Å²) in [5.74, 6) is 1.51. The number of rotatable bonds is 5. The fourth-order valence-electron chi connectivity index (χ4n) is 1.51. The van der Waals surface area contributed by atoms with Crippen LogP contribution in [-0.2, 0) is 4.79 Å². The summed E-state index contributed by atoms with van der Waals surface area (Å²) in [6.45, 7) is 0. The molecule has 0 unspecified atom stereocenters. The van der Waals surface area contributed by atoms with Gasteiger partial charge in [0.05, 0.1) is 19.0 Å². The average Bonchev–Trinajstić information content (AvgIpc) is 2.87. The Hall–Kier alpha value is -2.02. The Balaban J connectivity index is 2.13. The Morgan fingerprint density at radius 3 is 3.11 bits per heavy atom. The third-order valence-corrected chi connectivity index (χ3v) is 2.64. The lowest BCUT2D eigenvalue weighted by molar-refractivity contribution is -0.115. The largest absolute Gasteiger partial charge is 0.497 e. The molecule has 0 aliphatic carbocycles. The number of benzene rings is 1. The number of hydrogen-bond donors (Lipinski definition) is 2. The first-order chi connectivity index (χ1) is 9.22. The van der Waals surface area contributed by atoms with Crippen LogP contribution in [0, 0.1) is 0 Å². The first-order valence-electron chi connectivity index (χ1n) is 5.70. The van der Waals surface area contributed by atoms with Gasteiger partial charge < -0.3 is 10.1 Å². The summed E-state index contributed by atoms with van der Waals surface area (Å²) in [6.07, 6.45) is 1.99. The van der Waals surface area contributed by atoms with E-state index in [9.17, 15) is 4.79 Å². The fourth-order valence-corrected chi connectivity index (χ4v) is 1.71. The third kappa shape index (κ3) is 3.47. The number of methoxy groups -OCH3 is 1. The molecule has 7 heteroatoms. The zero-order valence-corrected chi connectivity index (χ0v) is 11.3. The average molecular weight is 278 g/mol. The zero-order valence-electron chi connectivity index (χ0n) is 10.4. The number of ether oxygens (including phenoxy) is 1. The Kier molecular flexibility index (Phi) is 4.40. The van der Waals surface area contributed by atoms with Crippen molar-refractivity contribution < 1.29 is 9.53 Å². The molecule has 100 valence electrons. The van der Waals surface area contributed by atoms with Gasteiger partial charge in [0.15, 0.2) is 5.82 Å². The Morgan fingerprint density at radius 2 is 2.37 bits per heavy atom. The Morgan fingerprint density at radius 1 is 1.53 bits per heavy atom. The quantitative estimate of drug-likeness (QED) is 0.814. The minimum Gasteiger partial charge on any atom is -0.497 e. The van der Waals surface area contributed by atoms with Crippen molar-refractivity contribution in [1.29, 1.82) is 0 Å². The molecule has 19 heavy (non-hydrogen) atoms. The van der Waals surface area contributed by atoms with Crippen LogP contribution < -0.4 is 10.1 Å². The highest BCUT2D eigenvalue weighted by Gasteiger charge is 2.06. The van der Waals surface area contributed by atoms with Gasteiger partial charge >= 0.3 is 0 Å². The maximum atomic E-state index is 11.4. The molecular weight excluding hydrogens is 264 g/mol. The highest BCUT2D eigenvalue weighted by Crippen LogP contribution is 2.16. The van der Waals surface area contributed by atoms with Crippen LogP contribution in [-0.4, -0.2) is 33.8 Å². The van der Waals surface area contributed by atoms with E-state index in [2.05, 4.69) is 28.3 Å². The van der Waals surface area contributed by atoms with Crippen LogP contribution in [0.4, 0.5) is 5.82 Å². The van der Waals surface area contributed by atoms with E-state index in [1.807, 2.05) is 24.3 Å². The van der Waals surface area contributed by atoms with Gasteiger partial charge in [-0.05, 0) is 17.9 Å². The summed E-state index contributed by atoms with van der Waals surface area (Å²) in [7, 11) is 1.60. The second-order valence-electron chi connectivity index (χ2n) is 3.77. The number of thiol groups is 1. The maximum absolute atomic E-state index is 11.4. The first-order valence-corrected chi connectivity index (χ1v) is 6.33. The first kappa shape index (κ1) is 13.4. The monoisotopic (exact) mass is 278 g/mol. The van der Waals surface area contributed by atoms with Gasteiger partial charge in [-0.15, -0.1) is 5.10 Å². The molecule has 1 N–H and O–H groups in total. The van der Waals surface area contributed by atoms with Crippen molar-refractivity contribution in [3.8, 4) is 11.4 Å². The lowest BCUT2D eigenvalue weighted by Gasteiger charge is -2.03. The molecule has 0 aliphatic rings. The molecule has 1 amide bonds. The van der Waals surface area contributed by atoms with Crippen LogP contribution in [0.2, 0.25) is 0 Å². The van der Waals surface area contributed by atoms with Gasteiger partial charge in [0.25, 0.3) is 0 Å². The highest BCUT2D eigenvalue weighted by atomic mass is 32.1. The van der Waals surface area contributed by atoms with E-state index in [1.54, 1.807) is 18.0 Å². The molecule has 0 bridgehead atoms. The van der Waals surface area contributed by atoms with E-state index in [0.717, 1.165) is 11.4 Å². The summed E-state index contributed by atoms with van der Waals surface area (Å²) < 4.78 is 6.71. The number of carbonyl (C=O) groups is 1. The topological polar surface area (TPSA) is 69.0 Å². The van der Waals surface area contributed by atoms with E-state index in [4.69, 9.17) is 4.74 Å². The maximum Gasteiger partial charge on any atom is 0.226 e. The van der Waals surface area contributed by atoms with Crippen LogP contribution in [0.15, 0.2) is 30.5 Å². The number of amides is 1. The van der Waals surface area contributed by atoms with Crippen LogP contribution in [0.5, 0.6) is 5.75 Å². The molecule has 6 nitrogen and oxygen atoms in total. The summed E-state index contributed by atoms with van der Waals surface area (Å²) in [5, 5.41) is 10.5. The lowest BCUT2D eigenvalue weighted by Crippen LogP contribution is -2.11. The molecule has 0 radical (unpaired) electrons. The van der Waals surface area contributed by atoms with E-state index in [-0.39, 0.29) is 5.91 Å². The van der Waals surface area contributed by atoms with Crippen molar-refractivity contribution in [3.05, 3.63) is 30.5 Å². The Labute approximate surface area is 116 Å². The summed E-state index contributed by atoms with van der Waals surface area (Å²) >= 11 is 3.99. The van der Waals surface area contributed by atoms with Crippen LogP contribution in [0.25, 0.3) is 5.69 Å². The van der Waals surface area contributed by atoms with E-state index < -0.39 is 0 Å². The molecule has 2 rings (SSSR count). The third-order valence-electron chi connectivity index (χ3n) is 2.42. The van der Waals surface area contributed by atoms with Crippen LogP contribution >= 0.6 is 12.6 Å². The van der Waals surface area contributed by atoms with Crippen molar-refractivity contribution in [2.45, 2.75) is 6.42 Å². The molecule has 1 heterocycles. The smallest absolute Gasteiger partial charge is 0.226 e. The molecule has 0 atom stereocenters. The molecule has 1 aromatic carbocycles. The van der Waals surface area contributed by atoms with Crippen LogP contribution in [0.3, 0.4) is 0 Å². The molecule has 0 saturated carbocycles. The zero-order chi connectivity index (χ0) is 13.7. The second-order valence-corrected chi connectivity index (χ2v) is 4.22. The molecule has 0 fully saturated rings. The molecule has 1 aromatic heterocycles. The number of carbonyl (C=O) groups excluding carboxylic acids is 1. The molecule has 0 saturated heterocycles. The van der Waals surface area contributed by atoms with E-state index in [1.165, 1.54) is 0 Å².